The monoisotopic (exact) mass is 463 g/mol. The van der Waals surface area contributed by atoms with Crippen molar-refractivity contribution in [3.05, 3.63) is 70.2 Å². The number of hydrogen-bond donors (Lipinski definition) is 1. The number of carbonyl (C=O) groups excluding carboxylic acids is 3. The van der Waals surface area contributed by atoms with Crippen LogP contribution in [0.3, 0.4) is 0 Å². The summed E-state index contributed by atoms with van der Waals surface area (Å²) in [6, 6.07) is 17.0. The van der Waals surface area contributed by atoms with E-state index < -0.39 is 11.9 Å². The molecule has 1 atom stereocenters. The van der Waals surface area contributed by atoms with Crippen LogP contribution in [0.15, 0.2) is 59.1 Å². The number of amides is 1. The van der Waals surface area contributed by atoms with E-state index in [4.69, 9.17) is 4.74 Å². The van der Waals surface area contributed by atoms with Gasteiger partial charge in [0, 0.05) is 17.1 Å². The van der Waals surface area contributed by atoms with E-state index in [9.17, 15) is 14.4 Å². The second-order valence-electron chi connectivity index (χ2n) is 6.19. The molecule has 0 saturated carbocycles. The molecule has 0 fully saturated rings. The molecule has 0 aliphatic carbocycles. The summed E-state index contributed by atoms with van der Waals surface area (Å²) in [5.74, 6) is -0.833. The molecule has 0 aromatic heterocycles. The lowest BCUT2D eigenvalue weighted by atomic mass is 10.0. The molecule has 0 radical (unpaired) electrons. The molecule has 28 heavy (non-hydrogen) atoms. The molecule has 0 aliphatic rings. The van der Waals surface area contributed by atoms with Crippen LogP contribution < -0.4 is 5.32 Å². The molecule has 0 saturated heterocycles. The van der Waals surface area contributed by atoms with Crippen molar-refractivity contribution >= 4 is 44.7 Å². The van der Waals surface area contributed by atoms with Crippen LogP contribution in [0.1, 0.15) is 18.1 Å². The van der Waals surface area contributed by atoms with E-state index in [1.807, 2.05) is 54.6 Å². The van der Waals surface area contributed by atoms with Gasteiger partial charge in [-0.1, -0.05) is 70.2 Å². The van der Waals surface area contributed by atoms with Gasteiger partial charge in [0.25, 0.3) is 0 Å². The van der Waals surface area contributed by atoms with Crippen LogP contribution in [0.25, 0.3) is 0 Å². The summed E-state index contributed by atoms with van der Waals surface area (Å²) in [5, 5.41) is 2.58. The number of benzene rings is 2. The van der Waals surface area contributed by atoms with E-state index in [0.29, 0.717) is 12.2 Å². The van der Waals surface area contributed by atoms with Crippen LogP contribution >= 0.6 is 27.7 Å². The Kier molecular flexibility index (Phi) is 9.23. The van der Waals surface area contributed by atoms with Crippen LogP contribution in [0.2, 0.25) is 0 Å². The van der Waals surface area contributed by atoms with Crippen LogP contribution in [0.4, 0.5) is 0 Å². The summed E-state index contributed by atoms with van der Waals surface area (Å²) in [7, 11) is 0. The summed E-state index contributed by atoms with van der Waals surface area (Å²) >= 11 is 4.49. The quantitative estimate of drug-likeness (QED) is 0.573. The van der Waals surface area contributed by atoms with Gasteiger partial charge in [-0.25, -0.2) is 0 Å². The van der Waals surface area contributed by atoms with Crippen molar-refractivity contribution in [1.29, 1.82) is 0 Å². The van der Waals surface area contributed by atoms with E-state index in [-0.39, 0.29) is 24.2 Å². The van der Waals surface area contributed by atoms with Gasteiger partial charge in [-0.2, -0.15) is 0 Å². The van der Waals surface area contributed by atoms with Crippen molar-refractivity contribution in [1.82, 2.24) is 5.32 Å². The van der Waals surface area contributed by atoms with Gasteiger partial charge in [0.05, 0.1) is 5.92 Å². The lowest BCUT2D eigenvalue weighted by molar-refractivity contribution is -0.145. The lowest BCUT2D eigenvalue weighted by Crippen LogP contribution is -2.37. The number of rotatable bonds is 9. The van der Waals surface area contributed by atoms with Gasteiger partial charge in [-0.05, 0) is 29.7 Å². The first-order chi connectivity index (χ1) is 13.4. The van der Waals surface area contributed by atoms with Gasteiger partial charge in [0.1, 0.15) is 13.2 Å². The van der Waals surface area contributed by atoms with E-state index in [1.54, 1.807) is 0 Å². The molecule has 2 rings (SSSR count). The van der Waals surface area contributed by atoms with Crippen molar-refractivity contribution in [2.75, 3.05) is 12.3 Å². The van der Waals surface area contributed by atoms with Crippen LogP contribution in [0, 0.1) is 5.92 Å². The first-order valence-corrected chi connectivity index (χ1v) is 10.6. The molecule has 2 aromatic carbocycles. The van der Waals surface area contributed by atoms with Crippen molar-refractivity contribution < 1.29 is 19.1 Å². The Labute approximate surface area is 177 Å². The molecule has 0 spiro atoms. The molecule has 148 valence electrons. The molecule has 5 nitrogen and oxygen atoms in total. The molecule has 0 heterocycles. The Hall–Kier alpha value is -2.12. The fourth-order valence-electron chi connectivity index (χ4n) is 2.44. The zero-order chi connectivity index (χ0) is 20.4. The van der Waals surface area contributed by atoms with Crippen molar-refractivity contribution in [2.45, 2.75) is 20.0 Å². The van der Waals surface area contributed by atoms with Crippen LogP contribution in [-0.2, 0) is 32.1 Å². The number of halogens is 1. The molecular weight excluding hydrogens is 442 g/mol. The first-order valence-electron chi connectivity index (χ1n) is 8.79. The Morgan fingerprint density at radius 1 is 1.04 bits per heavy atom. The highest BCUT2D eigenvalue weighted by Crippen LogP contribution is 2.18. The Morgan fingerprint density at radius 2 is 1.71 bits per heavy atom. The molecule has 7 heteroatoms. The summed E-state index contributed by atoms with van der Waals surface area (Å²) in [6.45, 7) is 1.44. The minimum absolute atomic E-state index is 0.0455. The molecule has 0 bridgehead atoms. The van der Waals surface area contributed by atoms with Gasteiger partial charge >= 0.3 is 5.97 Å². The van der Waals surface area contributed by atoms with E-state index >= 15 is 0 Å². The Morgan fingerprint density at radius 3 is 2.36 bits per heavy atom. The second kappa shape index (κ2) is 11.7. The summed E-state index contributed by atoms with van der Waals surface area (Å²) in [5.41, 5.74) is 1.87. The zero-order valence-corrected chi connectivity index (χ0v) is 17.9. The van der Waals surface area contributed by atoms with Gasteiger partial charge in [-0.3, -0.25) is 14.4 Å². The number of thioether (sulfide) groups is 1. The number of ether oxygens (including phenoxy) is 1. The molecule has 2 aromatic rings. The summed E-state index contributed by atoms with van der Waals surface area (Å²) in [6.07, 6.45) is 0.485. The minimum Gasteiger partial charge on any atom is -0.460 e. The average molecular weight is 464 g/mol. The highest BCUT2D eigenvalue weighted by molar-refractivity contribution is 9.10. The Bertz CT molecular complexity index is 796. The Balaban J connectivity index is 1.86. The molecule has 1 unspecified atom stereocenters. The molecule has 1 amide bonds. The molecule has 1 N–H and O–H groups in total. The molecular formula is C21H22BrNO4S. The van der Waals surface area contributed by atoms with E-state index in [2.05, 4.69) is 21.2 Å². The fourth-order valence-corrected chi connectivity index (χ4v) is 3.41. The fraction of sp³-hybridized carbons (Fsp3) is 0.286. The van der Waals surface area contributed by atoms with Crippen LogP contribution in [-0.4, -0.2) is 29.3 Å². The predicted molar refractivity (Wildman–Crippen MR) is 114 cm³/mol. The summed E-state index contributed by atoms with van der Waals surface area (Å²) in [4.78, 5) is 35.8. The van der Waals surface area contributed by atoms with E-state index in [1.165, 1.54) is 6.92 Å². The third kappa shape index (κ3) is 8.27. The van der Waals surface area contributed by atoms with Crippen molar-refractivity contribution in [3.8, 4) is 0 Å². The topological polar surface area (TPSA) is 72.5 Å². The van der Waals surface area contributed by atoms with Gasteiger partial charge in [-0.15, -0.1) is 0 Å². The van der Waals surface area contributed by atoms with Gasteiger partial charge in [0.15, 0.2) is 5.12 Å². The zero-order valence-electron chi connectivity index (χ0n) is 15.5. The molecule has 0 aliphatic heterocycles. The third-order valence-corrected chi connectivity index (χ3v) is 5.41. The van der Waals surface area contributed by atoms with Crippen molar-refractivity contribution in [2.24, 2.45) is 5.92 Å². The number of esters is 1. The first kappa shape index (κ1) is 22.2. The maximum atomic E-state index is 12.6. The van der Waals surface area contributed by atoms with Crippen LogP contribution in [0.5, 0.6) is 0 Å². The smallest absolute Gasteiger partial charge is 0.325 e. The average Bonchev–Trinajstić information content (AvgIpc) is 2.69. The summed E-state index contributed by atoms with van der Waals surface area (Å²) < 4.78 is 6.12. The van der Waals surface area contributed by atoms with Gasteiger partial charge < -0.3 is 10.1 Å². The highest BCUT2D eigenvalue weighted by atomic mass is 79.9. The van der Waals surface area contributed by atoms with E-state index in [0.717, 1.165) is 27.4 Å². The standard InChI is InChI=1S/C21H22BrNO4S/c1-15(24)28-14-18(11-16-7-9-19(22)10-8-16)21(26)23-12-20(25)27-13-17-5-3-2-4-6-17/h2-10,18H,11-14H2,1H3,(H,23,26). The lowest BCUT2D eigenvalue weighted by Gasteiger charge is -2.16. The van der Waals surface area contributed by atoms with Gasteiger partial charge in [0.2, 0.25) is 5.91 Å². The number of nitrogens with one attached hydrogen (secondary N) is 1. The maximum absolute atomic E-state index is 12.6. The highest BCUT2D eigenvalue weighted by Gasteiger charge is 2.21. The van der Waals surface area contributed by atoms with Crippen molar-refractivity contribution in [3.63, 3.8) is 0 Å². The SMILES string of the molecule is CC(=O)SCC(Cc1ccc(Br)cc1)C(=O)NCC(=O)OCc1ccccc1. The second-order valence-corrected chi connectivity index (χ2v) is 8.31. The number of hydrogen-bond acceptors (Lipinski definition) is 5. The maximum Gasteiger partial charge on any atom is 0.325 e. The normalized spacial score (nSPS) is 11.5. The minimum atomic E-state index is -0.501. The largest absolute Gasteiger partial charge is 0.460 e. The predicted octanol–water partition coefficient (Wildman–Crippen LogP) is 3.75. The number of carbonyl (C=O) groups is 3. The third-order valence-electron chi connectivity index (χ3n) is 3.90.